The standard InChI is InChI=1S/C19H19F2NO2/c1-24-18-8-3-2-5-14(18)13-9-10-22(12-13)19(23)11-15-16(20)6-4-7-17(15)21/h2-8,13H,9-12H2,1H3/t13-/m0/s1. The van der Waals surface area contributed by atoms with Crippen LogP contribution in [0.1, 0.15) is 23.5 Å². The molecule has 2 aromatic carbocycles. The topological polar surface area (TPSA) is 29.5 Å². The van der Waals surface area contributed by atoms with E-state index in [2.05, 4.69) is 0 Å². The van der Waals surface area contributed by atoms with Gasteiger partial charge in [0.05, 0.1) is 13.5 Å². The molecule has 5 heteroatoms. The lowest BCUT2D eigenvalue weighted by Gasteiger charge is -2.18. The van der Waals surface area contributed by atoms with E-state index in [9.17, 15) is 13.6 Å². The van der Waals surface area contributed by atoms with Crippen LogP contribution in [0.4, 0.5) is 8.78 Å². The highest BCUT2D eigenvalue weighted by molar-refractivity contribution is 5.79. The number of amides is 1. The molecular weight excluding hydrogens is 312 g/mol. The van der Waals surface area contributed by atoms with E-state index in [1.165, 1.54) is 18.2 Å². The van der Waals surface area contributed by atoms with Crippen LogP contribution < -0.4 is 4.74 Å². The Hall–Kier alpha value is -2.43. The molecule has 126 valence electrons. The van der Waals surface area contributed by atoms with Crippen molar-refractivity contribution in [3.8, 4) is 5.75 Å². The fourth-order valence-corrected chi connectivity index (χ4v) is 3.21. The molecule has 1 saturated heterocycles. The van der Waals surface area contributed by atoms with Crippen molar-refractivity contribution in [2.45, 2.75) is 18.8 Å². The monoisotopic (exact) mass is 331 g/mol. The first-order chi connectivity index (χ1) is 11.6. The number of benzene rings is 2. The van der Waals surface area contributed by atoms with Crippen LogP contribution in [0.5, 0.6) is 5.75 Å². The summed E-state index contributed by atoms with van der Waals surface area (Å²) in [5.74, 6) is -0.628. The van der Waals surface area contributed by atoms with E-state index < -0.39 is 11.6 Å². The van der Waals surface area contributed by atoms with Gasteiger partial charge < -0.3 is 9.64 Å². The van der Waals surface area contributed by atoms with E-state index >= 15 is 0 Å². The van der Waals surface area contributed by atoms with Gasteiger partial charge in [-0.25, -0.2) is 8.78 Å². The molecule has 1 fully saturated rings. The van der Waals surface area contributed by atoms with E-state index in [1.807, 2.05) is 24.3 Å². The molecular formula is C19H19F2NO2. The van der Waals surface area contributed by atoms with E-state index in [0.717, 1.165) is 17.7 Å². The number of likely N-dealkylation sites (tertiary alicyclic amines) is 1. The number of halogens is 2. The van der Waals surface area contributed by atoms with Crippen LogP contribution in [0.3, 0.4) is 0 Å². The van der Waals surface area contributed by atoms with Crippen LogP contribution in [-0.4, -0.2) is 31.0 Å². The van der Waals surface area contributed by atoms with Gasteiger partial charge in [-0.3, -0.25) is 4.79 Å². The lowest BCUT2D eigenvalue weighted by Crippen LogP contribution is -2.30. The van der Waals surface area contributed by atoms with E-state index in [-0.39, 0.29) is 23.8 Å². The van der Waals surface area contributed by atoms with Gasteiger partial charge in [-0.15, -0.1) is 0 Å². The molecule has 1 atom stereocenters. The highest BCUT2D eigenvalue weighted by Crippen LogP contribution is 2.33. The molecule has 0 bridgehead atoms. The summed E-state index contributed by atoms with van der Waals surface area (Å²) in [6, 6.07) is 11.4. The SMILES string of the molecule is COc1ccccc1[C@H]1CCN(C(=O)Cc2c(F)cccc2F)C1. The Balaban J connectivity index is 1.70. The number of hydrogen-bond donors (Lipinski definition) is 0. The first-order valence-electron chi connectivity index (χ1n) is 7.93. The molecule has 0 saturated carbocycles. The number of nitrogens with zero attached hydrogens (tertiary/aromatic N) is 1. The summed E-state index contributed by atoms with van der Waals surface area (Å²) in [6.07, 6.45) is 0.559. The number of para-hydroxylation sites is 1. The Morgan fingerprint density at radius 1 is 1.17 bits per heavy atom. The van der Waals surface area contributed by atoms with Crippen molar-refractivity contribution in [1.29, 1.82) is 0 Å². The summed E-state index contributed by atoms with van der Waals surface area (Å²) in [5.41, 5.74) is 0.899. The van der Waals surface area contributed by atoms with Gasteiger partial charge in [0, 0.05) is 24.6 Å². The molecule has 0 radical (unpaired) electrons. The Bertz CT molecular complexity index is 728. The fraction of sp³-hybridized carbons (Fsp3) is 0.316. The van der Waals surface area contributed by atoms with Crippen LogP contribution in [0.15, 0.2) is 42.5 Å². The first kappa shape index (κ1) is 16.4. The summed E-state index contributed by atoms with van der Waals surface area (Å²) in [4.78, 5) is 14.1. The van der Waals surface area contributed by atoms with Gasteiger partial charge in [0.25, 0.3) is 0 Å². The highest BCUT2D eigenvalue weighted by atomic mass is 19.1. The number of rotatable bonds is 4. The Morgan fingerprint density at radius 3 is 2.58 bits per heavy atom. The number of methoxy groups -OCH3 is 1. The van der Waals surface area contributed by atoms with Crippen LogP contribution in [-0.2, 0) is 11.2 Å². The van der Waals surface area contributed by atoms with E-state index in [4.69, 9.17) is 4.74 Å². The first-order valence-corrected chi connectivity index (χ1v) is 7.93. The van der Waals surface area contributed by atoms with Crippen LogP contribution in [0.2, 0.25) is 0 Å². The number of ether oxygens (including phenoxy) is 1. The van der Waals surface area contributed by atoms with Crippen LogP contribution >= 0.6 is 0 Å². The molecule has 1 aliphatic rings. The Morgan fingerprint density at radius 2 is 1.88 bits per heavy atom. The van der Waals surface area contributed by atoms with Gasteiger partial charge in [-0.2, -0.15) is 0 Å². The molecule has 0 unspecified atom stereocenters. The van der Waals surface area contributed by atoms with Crippen molar-refractivity contribution in [3.05, 3.63) is 65.2 Å². The van der Waals surface area contributed by atoms with Crippen LogP contribution in [0, 0.1) is 11.6 Å². The maximum atomic E-state index is 13.7. The van der Waals surface area contributed by atoms with Gasteiger partial charge in [0.2, 0.25) is 5.91 Å². The van der Waals surface area contributed by atoms with E-state index in [0.29, 0.717) is 13.1 Å². The minimum atomic E-state index is -0.677. The van der Waals surface area contributed by atoms with Crippen LogP contribution in [0.25, 0.3) is 0 Å². The zero-order valence-electron chi connectivity index (χ0n) is 13.5. The van der Waals surface area contributed by atoms with Crippen molar-refractivity contribution in [3.63, 3.8) is 0 Å². The third-order valence-electron chi connectivity index (χ3n) is 4.51. The van der Waals surface area contributed by atoms with Gasteiger partial charge in [-0.05, 0) is 30.2 Å². The summed E-state index contributed by atoms with van der Waals surface area (Å²) in [7, 11) is 1.62. The molecule has 0 aliphatic carbocycles. The highest BCUT2D eigenvalue weighted by Gasteiger charge is 2.29. The van der Waals surface area contributed by atoms with Gasteiger partial charge in [0.15, 0.2) is 0 Å². The molecule has 0 aromatic heterocycles. The molecule has 0 spiro atoms. The van der Waals surface area contributed by atoms with Crippen molar-refractivity contribution in [1.82, 2.24) is 4.90 Å². The zero-order chi connectivity index (χ0) is 17.1. The summed E-state index contributed by atoms with van der Waals surface area (Å²) in [6.45, 7) is 1.12. The molecule has 3 nitrogen and oxygen atoms in total. The molecule has 1 amide bonds. The lowest BCUT2D eigenvalue weighted by molar-refractivity contribution is -0.129. The molecule has 24 heavy (non-hydrogen) atoms. The Labute approximate surface area is 139 Å². The third kappa shape index (κ3) is 3.25. The average Bonchev–Trinajstić information content (AvgIpc) is 3.08. The number of hydrogen-bond acceptors (Lipinski definition) is 2. The molecule has 0 N–H and O–H groups in total. The maximum absolute atomic E-state index is 13.7. The van der Waals surface area contributed by atoms with Gasteiger partial charge >= 0.3 is 0 Å². The van der Waals surface area contributed by atoms with Gasteiger partial charge in [-0.1, -0.05) is 24.3 Å². The number of carbonyl (C=O) groups excluding carboxylic acids is 1. The molecule has 3 rings (SSSR count). The maximum Gasteiger partial charge on any atom is 0.227 e. The molecule has 1 heterocycles. The minimum absolute atomic E-state index is 0.164. The summed E-state index contributed by atoms with van der Waals surface area (Å²) < 4.78 is 32.8. The average molecular weight is 331 g/mol. The lowest BCUT2D eigenvalue weighted by atomic mass is 9.97. The van der Waals surface area contributed by atoms with Crippen molar-refractivity contribution >= 4 is 5.91 Å². The van der Waals surface area contributed by atoms with Crippen molar-refractivity contribution in [2.24, 2.45) is 0 Å². The predicted octanol–water partition coefficient (Wildman–Crippen LogP) is 3.53. The fourth-order valence-electron chi connectivity index (χ4n) is 3.21. The quantitative estimate of drug-likeness (QED) is 0.858. The summed E-state index contributed by atoms with van der Waals surface area (Å²) >= 11 is 0. The minimum Gasteiger partial charge on any atom is -0.496 e. The summed E-state index contributed by atoms with van der Waals surface area (Å²) in [5, 5.41) is 0. The molecule has 2 aromatic rings. The van der Waals surface area contributed by atoms with E-state index in [1.54, 1.807) is 12.0 Å². The second-order valence-corrected chi connectivity index (χ2v) is 5.94. The van der Waals surface area contributed by atoms with Gasteiger partial charge in [0.1, 0.15) is 17.4 Å². The third-order valence-corrected chi connectivity index (χ3v) is 4.51. The second-order valence-electron chi connectivity index (χ2n) is 5.94. The number of carbonyl (C=O) groups is 1. The predicted molar refractivity (Wildman–Crippen MR) is 87.0 cm³/mol. The second kappa shape index (κ2) is 6.99. The Kier molecular flexibility index (Phi) is 4.79. The van der Waals surface area contributed by atoms with Crippen molar-refractivity contribution < 1.29 is 18.3 Å². The largest absolute Gasteiger partial charge is 0.496 e. The molecule has 1 aliphatic heterocycles. The smallest absolute Gasteiger partial charge is 0.227 e. The normalized spacial score (nSPS) is 17.1. The van der Waals surface area contributed by atoms with Crippen molar-refractivity contribution in [2.75, 3.05) is 20.2 Å². The zero-order valence-corrected chi connectivity index (χ0v) is 13.5.